The lowest BCUT2D eigenvalue weighted by Crippen LogP contribution is -2.37. The monoisotopic (exact) mass is 353 g/mol. The maximum atomic E-state index is 12.6. The Balaban J connectivity index is 1.71. The maximum Gasteiger partial charge on any atom is 0.335 e. The third kappa shape index (κ3) is 3.90. The lowest BCUT2D eigenvalue weighted by Gasteiger charge is -2.29. The van der Waals surface area contributed by atoms with Crippen LogP contribution >= 0.6 is 0 Å². The zero-order valence-electron chi connectivity index (χ0n) is 15.3. The first-order valence-corrected chi connectivity index (χ1v) is 8.69. The van der Waals surface area contributed by atoms with E-state index in [1.54, 1.807) is 23.1 Å². The van der Waals surface area contributed by atoms with Crippen LogP contribution in [-0.2, 0) is 29.6 Å². The number of fused-ring (bicyclic) bond motifs is 1. The summed E-state index contributed by atoms with van der Waals surface area (Å²) in [5.41, 5.74) is 2.80. The Labute approximate surface area is 152 Å². The van der Waals surface area contributed by atoms with Gasteiger partial charge in [0.1, 0.15) is 5.82 Å². The van der Waals surface area contributed by atoms with E-state index < -0.39 is 5.97 Å². The fourth-order valence-electron chi connectivity index (χ4n) is 2.99. The third-order valence-corrected chi connectivity index (χ3v) is 4.49. The number of hydrogen-bond donors (Lipinski definition) is 1. The molecule has 0 atom stereocenters. The first-order valence-electron chi connectivity index (χ1n) is 8.69. The van der Waals surface area contributed by atoms with Crippen LogP contribution in [0.1, 0.15) is 53.8 Å². The predicted octanol–water partition coefficient (Wildman–Crippen LogP) is 2.60. The molecule has 0 spiro atoms. The number of carbonyl (C=O) groups is 2. The molecule has 0 unspecified atom stereocenters. The number of aromatic carboxylic acids is 1. The molecule has 0 bridgehead atoms. The summed E-state index contributed by atoms with van der Waals surface area (Å²) in [6.07, 6.45) is 2.73. The number of carboxylic acids is 1. The highest BCUT2D eigenvalue weighted by atomic mass is 16.4. The van der Waals surface area contributed by atoms with Crippen LogP contribution in [0.25, 0.3) is 0 Å². The van der Waals surface area contributed by atoms with E-state index in [2.05, 4.69) is 30.7 Å². The Morgan fingerprint density at radius 1 is 1.27 bits per heavy atom. The standard InChI is InChI=1S/C20H23N3O3/c1-20(2,3)19-21-11-15-12-23(8-7-16(15)22-19)17(24)10-13-5-4-6-14(9-13)18(25)26/h4-6,9,11H,7-8,10,12H2,1-3H3,(H,25,26). The van der Waals surface area contributed by atoms with Crippen molar-refractivity contribution in [2.45, 2.75) is 45.6 Å². The summed E-state index contributed by atoms with van der Waals surface area (Å²) in [4.78, 5) is 34.6. The van der Waals surface area contributed by atoms with E-state index in [1.807, 2.05) is 6.20 Å². The zero-order chi connectivity index (χ0) is 18.9. The largest absolute Gasteiger partial charge is 0.478 e. The molecule has 2 aromatic rings. The van der Waals surface area contributed by atoms with Gasteiger partial charge in [0.05, 0.1) is 17.7 Å². The van der Waals surface area contributed by atoms with Crippen LogP contribution in [0.4, 0.5) is 0 Å². The van der Waals surface area contributed by atoms with Crippen LogP contribution < -0.4 is 0 Å². The number of amides is 1. The summed E-state index contributed by atoms with van der Waals surface area (Å²) < 4.78 is 0. The van der Waals surface area contributed by atoms with Gasteiger partial charge in [0.25, 0.3) is 0 Å². The average Bonchev–Trinajstić information content (AvgIpc) is 2.60. The summed E-state index contributed by atoms with van der Waals surface area (Å²) >= 11 is 0. The minimum absolute atomic E-state index is 0.0157. The fourth-order valence-corrected chi connectivity index (χ4v) is 2.99. The molecular weight excluding hydrogens is 330 g/mol. The molecule has 3 rings (SSSR count). The number of rotatable bonds is 3. The van der Waals surface area contributed by atoms with Gasteiger partial charge < -0.3 is 10.0 Å². The van der Waals surface area contributed by atoms with Crippen molar-refractivity contribution >= 4 is 11.9 Å². The van der Waals surface area contributed by atoms with Gasteiger partial charge >= 0.3 is 5.97 Å². The van der Waals surface area contributed by atoms with Crippen LogP contribution in [0.15, 0.2) is 30.5 Å². The van der Waals surface area contributed by atoms with Crippen molar-refractivity contribution in [1.29, 1.82) is 0 Å². The summed E-state index contributed by atoms with van der Waals surface area (Å²) in [7, 11) is 0. The molecule has 0 saturated carbocycles. The summed E-state index contributed by atoms with van der Waals surface area (Å²) in [6.45, 7) is 7.36. The van der Waals surface area contributed by atoms with Crippen LogP contribution in [0.2, 0.25) is 0 Å². The van der Waals surface area contributed by atoms with Gasteiger partial charge in [-0.2, -0.15) is 0 Å². The Bertz CT molecular complexity index is 856. The van der Waals surface area contributed by atoms with E-state index in [4.69, 9.17) is 5.11 Å². The van der Waals surface area contributed by atoms with Crippen molar-refractivity contribution in [2.75, 3.05) is 6.54 Å². The van der Waals surface area contributed by atoms with Crippen molar-refractivity contribution < 1.29 is 14.7 Å². The Morgan fingerprint density at radius 2 is 2.04 bits per heavy atom. The van der Waals surface area contributed by atoms with Crippen molar-refractivity contribution in [1.82, 2.24) is 14.9 Å². The summed E-state index contributed by atoms with van der Waals surface area (Å²) in [6, 6.07) is 6.52. The minimum atomic E-state index is -0.988. The highest BCUT2D eigenvalue weighted by Gasteiger charge is 2.25. The number of aromatic nitrogens is 2. The normalized spacial score (nSPS) is 14.0. The smallest absolute Gasteiger partial charge is 0.335 e. The van der Waals surface area contributed by atoms with Gasteiger partial charge in [-0.15, -0.1) is 0 Å². The lowest BCUT2D eigenvalue weighted by molar-refractivity contribution is -0.131. The first-order chi connectivity index (χ1) is 12.2. The minimum Gasteiger partial charge on any atom is -0.478 e. The number of carbonyl (C=O) groups excluding carboxylic acids is 1. The molecule has 1 aliphatic heterocycles. The van der Waals surface area contributed by atoms with E-state index in [9.17, 15) is 9.59 Å². The second kappa shape index (κ2) is 6.86. The van der Waals surface area contributed by atoms with Crippen LogP contribution in [0, 0.1) is 0 Å². The molecule has 1 amide bonds. The molecule has 0 aliphatic carbocycles. The molecule has 136 valence electrons. The van der Waals surface area contributed by atoms with Crippen LogP contribution in [0.3, 0.4) is 0 Å². The van der Waals surface area contributed by atoms with Gasteiger partial charge in [-0.05, 0) is 17.7 Å². The van der Waals surface area contributed by atoms with Gasteiger partial charge in [-0.25, -0.2) is 14.8 Å². The molecule has 6 nitrogen and oxygen atoms in total. The van der Waals surface area contributed by atoms with E-state index >= 15 is 0 Å². The number of hydrogen-bond acceptors (Lipinski definition) is 4. The Kier molecular flexibility index (Phi) is 4.76. The fraction of sp³-hybridized carbons (Fsp3) is 0.400. The lowest BCUT2D eigenvalue weighted by atomic mass is 9.95. The first kappa shape index (κ1) is 18.0. The highest BCUT2D eigenvalue weighted by Crippen LogP contribution is 2.23. The van der Waals surface area contributed by atoms with E-state index in [0.29, 0.717) is 25.1 Å². The summed E-state index contributed by atoms with van der Waals surface area (Å²) in [5, 5.41) is 9.07. The zero-order valence-corrected chi connectivity index (χ0v) is 15.3. The van der Waals surface area contributed by atoms with Crippen molar-refractivity contribution in [2.24, 2.45) is 0 Å². The molecule has 2 heterocycles. The van der Waals surface area contributed by atoms with Gasteiger partial charge in [0.2, 0.25) is 5.91 Å². The van der Waals surface area contributed by atoms with Gasteiger partial charge in [-0.1, -0.05) is 32.9 Å². The Hall–Kier alpha value is -2.76. The second-order valence-electron chi connectivity index (χ2n) is 7.66. The van der Waals surface area contributed by atoms with Crippen molar-refractivity contribution in [3.05, 3.63) is 58.7 Å². The highest BCUT2D eigenvalue weighted by molar-refractivity contribution is 5.88. The van der Waals surface area contributed by atoms with Crippen LogP contribution in [-0.4, -0.2) is 38.4 Å². The predicted molar refractivity (Wildman–Crippen MR) is 97.0 cm³/mol. The molecule has 0 saturated heterocycles. The van der Waals surface area contributed by atoms with Crippen molar-refractivity contribution in [3.8, 4) is 0 Å². The number of carboxylic acid groups (broad SMARTS) is 1. The number of nitrogens with zero attached hydrogens (tertiary/aromatic N) is 3. The molecular formula is C20H23N3O3. The van der Waals surface area contributed by atoms with Crippen molar-refractivity contribution in [3.63, 3.8) is 0 Å². The Morgan fingerprint density at radius 3 is 2.73 bits per heavy atom. The topological polar surface area (TPSA) is 83.4 Å². The van der Waals surface area contributed by atoms with Gasteiger partial charge in [0, 0.05) is 36.7 Å². The van der Waals surface area contributed by atoms with Gasteiger partial charge in [-0.3, -0.25) is 4.79 Å². The summed E-state index contributed by atoms with van der Waals surface area (Å²) in [5.74, 6) is -0.183. The molecule has 26 heavy (non-hydrogen) atoms. The van der Waals surface area contributed by atoms with Crippen LogP contribution in [0.5, 0.6) is 0 Å². The van der Waals surface area contributed by atoms with E-state index in [1.165, 1.54) is 6.07 Å². The second-order valence-corrected chi connectivity index (χ2v) is 7.66. The molecule has 6 heteroatoms. The maximum absolute atomic E-state index is 12.6. The molecule has 1 aromatic heterocycles. The van der Waals surface area contributed by atoms with Gasteiger partial charge in [0.15, 0.2) is 0 Å². The number of benzene rings is 1. The van der Waals surface area contributed by atoms with E-state index in [0.717, 1.165) is 17.1 Å². The quantitative estimate of drug-likeness (QED) is 0.917. The molecule has 0 radical (unpaired) electrons. The molecule has 0 fully saturated rings. The molecule has 1 aliphatic rings. The molecule has 1 aromatic carbocycles. The SMILES string of the molecule is CC(C)(C)c1ncc2c(n1)CCN(C(=O)Cc1cccc(C(=O)O)c1)C2. The third-order valence-electron chi connectivity index (χ3n) is 4.49. The average molecular weight is 353 g/mol. The molecule has 1 N–H and O–H groups in total. The van der Waals surface area contributed by atoms with E-state index in [-0.39, 0.29) is 23.3 Å².